The lowest BCUT2D eigenvalue weighted by molar-refractivity contribution is -0.358. The predicted octanol–water partition coefficient (Wildman–Crippen LogP) is 0.842. The molecule has 0 aromatic heterocycles. The van der Waals surface area contributed by atoms with E-state index in [1.165, 1.54) is 0 Å². The Bertz CT molecular complexity index is 428. The highest BCUT2D eigenvalue weighted by Gasteiger charge is 2.78. The molecule has 1 N–H and O–H groups in total. The minimum atomic E-state index is -6.68. The first-order valence-corrected chi connectivity index (χ1v) is 4.95. The number of halogens is 6. The van der Waals surface area contributed by atoms with Crippen molar-refractivity contribution in [2.45, 2.75) is 18.0 Å². The second-order valence-corrected chi connectivity index (χ2v) is 3.69. The molecule has 13 heteroatoms. The lowest BCUT2D eigenvalue weighted by atomic mass is 10.1. The monoisotopic (exact) mass is 306 g/mol. The molecule has 0 aromatic rings. The molecule has 0 saturated heterocycles. The Kier molecular flexibility index (Phi) is 4.27. The highest BCUT2D eigenvalue weighted by molar-refractivity contribution is 7.81. The quantitative estimate of drug-likeness (QED) is 0.470. The second-order valence-electron chi connectivity index (χ2n) is 2.67. The molecule has 0 aliphatic carbocycles. The molecule has 0 bridgehead atoms. The van der Waals surface area contributed by atoms with Gasteiger partial charge in [-0.1, -0.05) is 0 Å². The van der Waals surface area contributed by atoms with Gasteiger partial charge in [-0.25, -0.2) is 4.79 Å². The van der Waals surface area contributed by atoms with Gasteiger partial charge in [-0.2, -0.15) is 38.9 Å². The topological polar surface area (TPSA) is 89.9 Å². The highest BCUT2D eigenvalue weighted by atomic mass is 32.3. The van der Waals surface area contributed by atoms with Gasteiger partial charge in [-0.3, -0.25) is 4.55 Å². The molecule has 1 unspecified atom stereocenters. The van der Waals surface area contributed by atoms with Crippen LogP contribution < -0.4 is 0 Å². The zero-order valence-electron chi connectivity index (χ0n) is 8.16. The fourth-order valence-corrected chi connectivity index (χ4v) is 1.14. The van der Waals surface area contributed by atoms with E-state index in [4.69, 9.17) is 4.55 Å². The van der Waals surface area contributed by atoms with Crippen molar-refractivity contribution in [2.75, 3.05) is 7.11 Å². The molecule has 0 spiro atoms. The SMILES string of the molecule is COC(=O)C(F)(OS(=O)(=O)O)C(F)(F)C(F)(F)F. The molecular formula is C5H4F6O6S. The number of methoxy groups -OCH3 is 1. The molecule has 18 heavy (non-hydrogen) atoms. The van der Waals surface area contributed by atoms with E-state index in [2.05, 4.69) is 8.92 Å². The zero-order chi connectivity index (χ0) is 15.0. The Balaban J connectivity index is 5.86. The maximum absolute atomic E-state index is 13.2. The van der Waals surface area contributed by atoms with Crippen LogP contribution in [0.4, 0.5) is 26.3 Å². The van der Waals surface area contributed by atoms with Crippen LogP contribution in [0.5, 0.6) is 0 Å². The number of carbonyl (C=O) groups excluding carboxylic acids is 1. The van der Waals surface area contributed by atoms with E-state index in [0.29, 0.717) is 0 Å². The van der Waals surface area contributed by atoms with Crippen molar-refractivity contribution in [3.8, 4) is 0 Å². The fourth-order valence-electron chi connectivity index (χ4n) is 0.673. The summed E-state index contributed by atoms with van der Waals surface area (Å²) in [7, 11) is -5.95. The molecule has 0 heterocycles. The van der Waals surface area contributed by atoms with E-state index < -0.39 is 34.3 Å². The smallest absolute Gasteiger partial charge is 0.460 e. The molecule has 1 atom stereocenters. The van der Waals surface area contributed by atoms with E-state index in [0.717, 1.165) is 0 Å². The van der Waals surface area contributed by atoms with E-state index >= 15 is 0 Å². The largest absolute Gasteiger partial charge is 0.465 e. The molecule has 108 valence electrons. The average Bonchev–Trinajstić information content (AvgIpc) is 2.11. The van der Waals surface area contributed by atoms with Gasteiger partial charge in [0.2, 0.25) is 0 Å². The van der Waals surface area contributed by atoms with Crippen LogP contribution in [0.3, 0.4) is 0 Å². The summed E-state index contributed by atoms with van der Waals surface area (Å²) in [4.78, 5) is 10.5. The molecule has 0 saturated carbocycles. The fraction of sp³-hybridized carbons (Fsp3) is 0.800. The first-order chi connectivity index (χ1) is 7.69. The lowest BCUT2D eigenvalue weighted by Crippen LogP contribution is -2.61. The van der Waals surface area contributed by atoms with E-state index in [1.807, 2.05) is 0 Å². The van der Waals surface area contributed by atoms with Crippen LogP contribution in [0, 0.1) is 0 Å². The van der Waals surface area contributed by atoms with E-state index in [1.54, 1.807) is 0 Å². The van der Waals surface area contributed by atoms with Crippen molar-refractivity contribution in [3.63, 3.8) is 0 Å². The number of alkyl halides is 6. The summed E-state index contributed by atoms with van der Waals surface area (Å²) >= 11 is 0. The standard InChI is InChI=1S/C5H4F6O6S/c1-16-2(12)3(6,17-18(13,14)15)4(7,8)5(9,10)11/h1H3,(H,13,14,15). The van der Waals surface area contributed by atoms with Crippen molar-refractivity contribution in [1.82, 2.24) is 0 Å². The van der Waals surface area contributed by atoms with Gasteiger partial charge in [-0.05, 0) is 0 Å². The van der Waals surface area contributed by atoms with Gasteiger partial charge in [-0.15, -0.1) is 0 Å². The third-order valence-corrected chi connectivity index (χ3v) is 1.87. The van der Waals surface area contributed by atoms with E-state index in [9.17, 15) is 39.6 Å². The number of hydrogen-bond donors (Lipinski definition) is 1. The van der Waals surface area contributed by atoms with Crippen molar-refractivity contribution >= 4 is 16.4 Å². The van der Waals surface area contributed by atoms with E-state index in [-0.39, 0.29) is 7.11 Å². The van der Waals surface area contributed by atoms with Crippen LogP contribution in [0.2, 0.25) is 0 Å². The summed E-state index contributed by atoms with van der Waals surface area (Å²) in [5.74, 6) is -15.4. The maximum Gasteiger partial charge on any atom is 0.460 e. The summed E-state index contributed by atoms with van der Waals surface area (Å²) in [6.45, 7) is 0. The van der Waals surface area contributed by atoms with Crippen molar-refractivity contribution in [1.29, 1.82) is 0 Å². The average molecular weight is 306 g/mol. The number of carbonyl (C=O) groups is 1. The van der Waals surface area contributed by atoms with Crippen molar-refractivity contribution in [2.24, 2.45) is 0 Å². The second kappa shape index (κ2) is 4.55. The molecule has 0 rings (SSSR count). The Morgan fingerprint density at radius 2 is 1.50 bits per heavy atom. The predicted molar refractivity (Wildman–Crippen MR) is 39.5 cm³/mol. The Labute approximate surface area is 95.4 Å². The molecule has 0 aliphatic heterocycles. The Morgan fingerprint density at radius 3 is 1.72 bits per heavy atom. The number of rotatable bonds is 4. The Hall–Kier alpha value is -1.08. The number of ether oxygens (including phenoxy) is 1. The van der Waals surface area contributed by atoms with Gasteiger partial charge < -0.3 is 4.74 Å². The third kappa shape index (κ3) is 3.02. The summed E-state index contributed by atoms with van der Waals surface area (Å²) in [6, 6.07) is 0. The van der Waals surface area contributed by atoms with Gasteiger partial charge in [0, 0.05) is 0 Å². The Morgan fingerprint density at radius 1 is 1.11 bits per heavy atom. The first kappa shape index (κ1) is 16.9. The first-order valence-electron chi connectivity index (χ1n) is 3.59. The van der Waals surface area contributed by atoms with Crippen LogP contribution in [-0.4, -0.2) is 44.0 Å². The summed E-state index contributed by atoms with van der Waals surface area (Å²) < 4.78 is 108. The lowest BCUT2D eigenvalue weighted by Gasteiger charge is -2.29. The number of hydrogen-bond acceptors (Lipinski definition) is 5. The molecule has 6 nitrogen and oxygen atoms in total. The number of esters is 1. The highest BCUT2D eigenvalue weighted by Crippen LogP contribution is 2.47. The van der Waals surface area contributed by atoms with Gasteiger partial charge in [0.1, 0.15) is 0 Å². The third-order valence-electron chi connectivity index (χ3n) is 1.43. The maximum atomic E-state index is 13.2. The molecule has 0 fully saturated rings. The van der Waals surface area contributed by atoms with Gasteiger partial charge >= 0.3 is 34.3 Å². The van der Waals surface area contributed by atoms with Gasteiger partial charge in [0.25, 0.3) is 0 Å². The van der Waals surface area contributed by atoms with Gasteiger partial charge in [0.05, 0.1) is 7.11 Å². The summed E-state index contributed by atoms with van der Waals surface area (Å²) in [6.07, 6.45) is -6.68. The molecule has 0 radical (unpaired) electrons. The molecule has 0 aliphatic rings. The minimum Gasteiger partial charge on any atom is -0.465 e. The van der Waals surface area contributed by atoms with Crippen LogP contribution in [0.1, 0.15) is 0 Å². The van der Waals surface area contributed by atoms with Crippen LogP contribution in [-0.2, 0) is 24.1 Å². The molecule has 0 amide bonds. The van der Waals surface area contributed by atoms with Gasteiger partial charge in [0.15, 0.2) is 0 Å². The molecular weight excluding hydrogens is 302 g/mol. The zero-order valence-corrected chi connectivity index (χ0v) is 8.98. The van der Waals surface area contributed by atoms with Crippen molar-refractivity contribution in [3.05, 3.63) is 0 Å². The summed E-state index contributed by atoms with van der Waals surface area (Å²) in [5.41, 5.74) is 0. The normalized spacial score (nSPS) is 17.1. The van der Waals surface area contributed by atoms with Crippen molar-refractivity contribution < 1.29 is 53.0 Å². The molecule has 0 aromatic carbocycles. The van der Waals surface area contributed by atoms with Crippen LogP contribution in [0.25, 0.3) is 0 Å². The minimum absolute atomic E-state index is 0.191. The van der Waals surface area contributed by atoms with Crippen LogP contribution >= 0.6 is 0 Å². The van der Waals surface area contributed by atoms with Crippen LogP contribution in [0.15, 0.2) is 0 Å². The summed E-state index contributed by atoms with van der Waals surface area (Å²) in [5, 5.41) is 0.